The summed E-state index contributed by atoms with van der Waals surface area (Å²) >= 11 is 5.87. The van der Waals surface area contributed by atoms with Gasteiger partial charge in [0, 0.05) is 17.6 Å². The highest BCUT2D eigenvalue weighted by molar-refractivity contribution is 6.30. The van der Waals surface area contributed by atoms with Gasteiger partial charge in [0.05, 0.1) is 0 Å². The molecule has 0 aromatic heterocycles. The van der Waals surface area contributed by atoms with Crippen LogP contribution in [0.4, 0.5) is 0 Å². The number of carbonyl (C=O) groups excluding carboxylic acids is 1. The zero-order chi connectivity index (χ0) is 15.0. The Morgan fingerprint density at radius 1 is 1.48 bits per heavy atom. The van der Waals surface area contributed by atoms with E-state index in [-0.39, 0.29) is 24.4 Å². The van der Waals surface area contributed by atoms with Crippen molar-refractivity contribution in [1.82, 2.24) is 5.32 Å². The first-order valence-electron chi connectivity index (χ1n) is 6.99. The molecule has 1 aromatic rings. The number of ether oxygens (including phenoxy) is 1. The van der Waals surface area contributed by atoms with E-state index in [0.29, 0.717) is 17.3 Å². The normalized spacial score (nSPS) is 13.0. The second kappa shape index (κ2) is 10.7. The van der Waals surface area contributed by atoms with Gasteiger partial charge < -0.3 is 15.8 Å². The zero-order valence-corrected chi connectivity index (χ0v) is 14.0. The van der Waals surface area contributed by atoms with E-state index >= 15 is 0 Å². The lowest BCUT2D eigenvalue weighted by atomic mass is 10.1. The monoisotopic (exact) mass is 334 g/mol. The minimum Gasteiger partial charge on any atom is -0.481 e. The lowest BCUT2D eigenvalue weighted by molar-refractivity contribution is -0.128. The number of nitrogens with one attached hydrogen (secondary N) is 1. The molecule has 1 aromatic carbocycles. The van der Waals surface area contributed by atoms with Crippen LogP contribution in [0.15, 0.2) is 24.3 Å². The molecule has 0 heterocycles. The van der Waals surface area contributed by atoms with E-state index in [4.69, 9.17) is 22.1 Å². The van der Waals surface area contributed by atoms with Gasteiger partial charge in [0.2, 0.25) is 0 Å². The van der Waals surface area contributed by atoms with Crippen molar-refractivity contribution in [1.29, 1.82) is 0 Å². The van der Waals surface area contributed by atoms with E-state index < -0.39 is 6.10 Å². The van der Waals surface area contributed by atoms with Gasteiger partial charge in [0.25, 0.3) is 5.91 Å². The third kappa shape index (κ3) is 7.55. The molecule has 0 saturated carbocycles. The molecular weight excluding hydrogens is 311 g/mol. The summed E-state index contributed by atoms with van der Waals surface area (Å²) in [6, 6.07) is 7.00. The number of amides is 1. The van der Waals surface area contributed by atoms with E-state index in [0.717, 1.165) is 19.3 Å². The van der Waals surface area contributed by atoms with E-state index in [9.17, 15) is 4.79 Å². The third-order valence-electron chi connectivity index (χ3n) is 3.02. The van der Waals surface area contributed by atoms with Crippen LogP contribution in [0.25, 0.3) is 0 Å². The summed E-state index contributed by atoms with van der Waals surface area (Å²) in [7, 11) is 0. The fraction of sp³-hybridized carbons (Fsp3) is 0.533. The van der Waals surface area contributed by atoms with Gasteiger partial charge in [-0.25, -0.2) is 0 Å². The lowest BCUT2D eigenvalue weighted by Crippen LogP contribution is -2.45. The summed E-state index contributed by atoms with van der Waals surface area (Å²) in [4.78, 5) is 12.0. The van der Waals surface area contributed by atoms with Gasteiger partial charge in [-0.1, -0.05) is 37.4 Å². The molecule has 0 fully saturated rings. The molecule has 3 N–H and O–H groups in total. The van der Waals surface area contributed by atoms with Crippen LogP contribution in [0.2, 0.25) is 5.02 Å². The van der Waals surface area contributed by atoms with Crippen LogP contribution in [0.5, 0.6) is 5.75 Å². The number of benzene rings is 1. The van der Waals surface area contributed by atoms with E-state index in [1.54, 1.807) is 31.2 Å². The highest BCUT2D eigenvalue weighted by atomic mass is 35.5. The van der Waals surface area contributed by atoms with Crippen LogP contribution in [-0.4, -0.2) is 24.6 Å². The van der Waals surface area contributed by atoms with Crippen molar-refractivity contribution in [2.24, 2.45) is 5.73 Å². The molecule has 0 aliphatic carbocycles. The quantitative estimate of drug-likeness (QED) is 0.767. The number of hydrogen-bond acceptors (Lipinski definition) is 3. The van der Waals surface area contributed by atoms with Crippen LogP contribution in [0.1, 0.15) is 33.1 Å². The first-order valence-corrected chi connectivity index (χ1v) is 7.37. The molecule has 120 valence electrons. The van der Waals surface area contributed by atoms with Crippen LogP contribution in [0, 0.1) is 0 Å². The number of nitrogens with two attached hydrogens (primary N) is 1. The van der Waals surface area contributed by atoms with Crippen LogP contribution in [0.3, 0.4) is 0 Å². The minimum absolute atomic E-state index is 0. The summed E-state index contributed by atoms with van der Waals surface area (Å²) in [5.41, 5.74) is 5.66. The average molecular weight is 335 g/mol. The highest BCUT2D eigenvalue weighted by Gasteiger charge is 2.18. The Kier molecular flexibility index (Phi) is 10.2. The SMILES string of the molecule is CCCCC(CN)NC(=O)C(C)Oc1cccc(Cl)c1.Cl. The average Bonchev–Trinajstić information content (AvgIpc) is 2.43. The number of unbranched alkanes of at least 4 members (excludes halogenated alkanes) is 1. The molecule has 0 bridgehead atoms. The molecular formula is C15H24Cl2N2O2. The van der Waals surface area contributed by atoms with Crippen molar-refractivity contribution in [2.45, 2.75) is 45.3 Å². The molecule has 0 radical (unpaired) electrons. The molecule has 21 heavy (non-hydrogen) atoms. The van der Waals surface area contributed by atoms with Crippen LogP contribution >= 0.6 is 24.0 Å². The van der Waals surface area contributed by atoms with Crippen molar-refractivity contribution in [3.8, 4) is 5.75 Å². The second-order valence-electron chi connectivity index (χ2n) is 4.80. The van der Waals surface area contributed by atoms with E-state index in [1.165, 1.54) is 0 Å². The predicted molar refractivity (Wildman–Crippen MR) is 89.3 cm³/mol. The first-order chi connectivity index (χ1) is 9.56. The van der Waals surface area contributed by atoms with Crippen molar-refractivity contribution in [3.05, 3.63) is 29.3 Å². The van der Waals surface area contributed by atoms with Crippen molar-refractivity contribution < 1.29 is 9.53 Å². The van der Waals surface area contributed by atoms with E-state index in [1.807, 2.05) is 0 Å². The number of hydrogen-bond donors (Lipinski definition) is 2. The van der Waals surface area contributed by atoms with Gasteiger partial charge in [-0.15, -0.1) is 12.4 Å². The molecule has 0 saturated heterocycles. The molecule has 0 aliphatic rings. The maximum atomic E-state index is 12.0. The number of rotatable bonds is 8. The standard InChI is InChI=1S/C15H23ClN2O2.ClH/c1-3-4-7-13(10-17)18-15(19)11(2)20-14-8-5-6-12(16)9-14;/h5-6,8-9,11,13H,3-4,7,10,17H2,1-2H3,(H,18,19);1H. The van der Waals surface area contributed by atoms with Crippen molar-refractivity contribution in [3.63, 3.8) is 0 Å². The van der Waals surface area contributed by atoms with Crippen molar-refractivity contribution >= 4 is 29.9 Å². The minimum atomic E-state index is -0.579. The maximum Gasteiger partial charge on any atom is 0.261 e. The van der Waals surface area contributed by atoms with Gasteiger partial charge in [-0.05, 0) is 31.5 Å². The van der Waals surface area contributed by atoms with Gasteiger partial charge >= 0.3 is 0 Å². The van der Waals surface area contributed by atoms with Gasteiger partial charge in [0.15, 0.2) is 6.10 Å². The lowest BCUT2D eigenvalue weighted by Gasteiger charge is -2.20. The summed E-state index contributed by atoms with van der Waals surface area (Å²) in [6.07, 6.45) is 2.44. The van der Waals surface area contributed by atoms with Gasteiger partial charge in [-0.3, -0.25) is 4.79 Å². The first kappa shape index (κ1) is 20.0. The Morgan fingerprint density at radius 3 is 2.76 bits per heavy atom. The summed E-state index contributed by atoms with van der Waals surface area (Å²) in [5.74, 6) is 0.425. The molecule has 4 nitrogen and oxygen atoms in total. The summed E-state index contributed by atoms with van der Waals surface area (Å²) in [5, 5.41) is 3.50. The highest BCUT2D eigenvalue weighted by Crippen LogP contribution is 2.18. The predicted octanol–water partition coefficient (Wildman–Crippen LogP) is 3.16. The summed E-state index contributed by atoms with van der Waals surface area (Å²) in [6.45, 7) is 4.26. The van der Waals surface area contributed by atoms with Crippen LogP contribution < -0.4 is 15.8 Å². The summed E-state index contributed by atoms with van der Waals surface area (Å²) < 4.78 is 5.57. The fourth-order valence-corrected chi connectivity index (χ4v) is 2.00. The maximum absolute atomic E-state index is 12.0. The molecule has 2 atom stereocenters. The molecule has 6 heteroatoms. The Bertz CT molecular complexity index is 430. The number of carbonyl (C=O) groups is 1. The van der Waals surface area contributed by atoms with Crippen LogP contribution in [-0.2, 0) is 4.79 Å². The second-order valence-corrected chi connectivity index (χ2v) is 5.24. The zero-order valence-electron chi connectivity index (χ0n) is 12.5. The fourth-order valence-electron chi connectivity index (χ4n) is 1.82. The number of halogens is 2. The molecule has 0 aliphatic heterocycles. The smallest absolute Gasteiger partial charge is 0.261 e. The Hall–Kier alpha value is -0.970. The topological polar surface area (TPSA) is 64.3 Å². The Morgan fingerprint density at radius 2 is 2.19 bits per heavy atom. The molecule has 2 unspecified atom stereocenters. The largest absolute Gasteiger partial charge is 0.481 e. The van der Waals surface area contributed by atoms with E-state index in [2.05, 4.69) is 12.2 Å². The third-order valence-corrected chi connectivity index (χ3v) is 3.25. The van der Waals surface area contributed by atoms with Crippen molar-refractivity contribution in [2.75, 3.05) is 6.54 Å². The van der Waals surface area contributed by atoms with Gasteiger partial charge in [0.1, 0.15) is 5.75 Å². The Balaban J connectivity index is 0.00000400. The van der Waals surface area contributed by atoms with Gasteiger partial charge in [-0.2, -0.15) is 0 Å². The molecule has 1 amide bonds. The molecule has 1 rings (SSSR count). The Labute approximate surface area is 137 Å². The molecule has 0 spiro atoms.